The Hall–Kier alpha value is -2.89. The van der Waals surface area contributed by atoms with Gasteiger partial charge in [0.1, 0.15) is 17.6 Å². The molecule has 2 rings (SSSR count). The van der Waals surface area contributed by atoms with Crippen LogP contribution in [0.3, 0.4) is 0 Å². The van der Waals surface area contributed by atoms with Crippen LogP contribution in [-0.2, 0) is 16.1 Å². The minimum Gasteiger partial charge on any atom is -0.484 e. The van der Waals surface area contributed by atoms with Crippen LogP contribution >= 0.6 is 0 Å². The highest BCUT2D eigenvalue weighted by atomic mass is 19.1. The highest BCUT2D eigenvalue weighted by Crippen LogP contribution is 2.19. The summed E-state index contributed by atoms with van der Waals surface area (Å²) in [5.41, 5.74) is 1.52. The van der Waals surface area contributed by atoms with Crippen molar-refractivity contribution in [2.45, 2.75) is 59.2 Å². The molecule has 0 aliphatic rings. The number of hydrogen-bond donors (Lipinski definition) is 1. The van der Waals surface area contributed by atoms with E-state index in [2.05, 4.69) is 19.2 Å². The van der Waals surface area contributed by atoms with E-state index in [1.54, 1.807) is 25.1 Å². The SMILES string of the molecule is CC(C)NC(=O)[C@@H](C)N(Cc1ccccc1F)C(=O)COc1ccc(C(C)C)cc1. The summed E-state index contributed by atoms with van der Waals surface area (Å²) in [7, 11) is 0. The van der Waals surface area contributed by atoms with Crippen LogP contribution in [0.15, 0.2) is 48.5 Å². The molecule has 5 nitrogen and oxygen atoms in total. The van der Waals surface area contributed by atoms with Crippen molar-refractivity contribution < 1.29 is 18.7 Å². The van der Waals surface area contributed by atoms with E-state index in [0.717, 1.165) is 0 Å². The lowest BCUT2D eigenvalue weighted by Crippen LogP contribution is -2.50. The molecule has 0 heterocycles. The Labute approximate surface area is 178 Å². The topological polar surface area (TPSA) is 58.6 Å². The molecular formula is C24H31FN2O3. The number of halogens is 1. The van der Waals surface area contributed by atoms with Gasteiger partial charge in [-0.3, -0.25) is 9.59 Å². The summed E-state index contributed by atoms with van der Waals surface area (Å²) >= 11 is 0. The van der Waals surface area contributed by atoms with Gasteiger partial charge >= 0.3 is 0 Å². The lowest BCUT2D eigenvalue weighted by molar-refractivity contribution is -0.142. The van der Waals surface area contributed by atoms with Crippen molar-refractivity contribution in [2.75, 3.05) is 6.61 Å². The molecule has 2 aromatic rings. The zero-order valence-electron chi connectivity index (χ0n) is 18.3. The number of hydrogen-bond acceptors (Lipinski definition) is 3. The van der Waals surface area contributed by atoms with Crippen molar-refractivity contribution in [1.29, 1.82) is 0 Å². The minimum absolute atomic E-state index is 0.0200. The molecule has 1 atom stereocenters. The first-order chi connectivity index (χ1) is 14.2. The van der Waals surface area contributed by atoms with Crippen molar-refractivity contribution in [3.8, 4) is 5.75 Å². The zero-order chi connectivity index (χ0) is 22.3. The molecule has 0 spiro atoms. The summed E-state index contributed by atoms with van der Waals surface area (Å²) in [6, 6.07) is 12.9. The Kier molecular flexibility index (Phi) is 8.39. The number of amides is 2. The van der Waals surface area contributed by atoms with Gasteiger partial charge in [0.15, 0.2) is 6.61 Å². The summed E-state index contributed by atoms with van der Waals surface area (Å²) in [6.07, 6.45) is 0. The predicted molar refractivity (Wildman–Crippen MR) is 116 cm³/mol. The third-order valence-electron chi connectivity index (χ3n) is 4.81. The molecule has 0 aromatic heterocycles. The Balaban J connectivity index is 2.14. The smallest absolute Gasteiger partial charge is 0.261 e. The van der Waals surface area contributed by atoms with E-state index in [0.29, 0.717) is 17.2 Å². The summed E-state index contributed by atoms with van der Waals surface area (Å²) in [6.45, 7) is 9.26. The molecule has 0 radical (unpaired) electrons. The van der Waals surface area contributed by atoms with E-state index in [1.165, 1.54) is 16.5 Å². The standard InChI is InChI=1S/C24H31FN2O3/c1-16(2)19-10-12-21(13-11-19)30-15-23(28)27(18(5)24(29)26-17(3)4)14-20-8-6-7-9-22(20)25/h6-13,16-18H,14-15H2,1-5H3,(H,26,29)/t18-/m1/s1. The van der Waals surface area contributed by atoms with Gasteiger partial charge in [0.05, 0.1) is 0 Å². The second kappa shape index (κ2) is 10.8. The summed E-state index contributed by atoms with van der Waals surface area (Å²) in [5, 5.41) is 2.80. The first-order valence-corrected chi connectivity index (χ1v) is 10.2. The fraction of sp³-hybridized carbons (Fsp3) is 0.417. The molecule has 6 heteroatoms. The minimum atomic E-state index is -0.772. The Bertz CT molecular complexity index is 850. The monoisotopic (exact) mass is 414 g/mol. The van der Waals surface area contributed by atoms with Crippen LogP contribution in [0.2, 0.25) is 0 Å². The van der Waals surface area contributed by atoms with E-state index < -0.39 is 17.8 Å². The number of ether oxygens (including phenoxy) is 1. The van der Waals surface area contributed by atoms with Crippen molar-refractivity contribution in [3.05, 3.63) is 65.5 Å². The van der Waals surface area contributed by atoms with Crippen LogP contribution in [0.4, 0.5) is 4.39 Å². The van der Waals surface area contributed by atoms with Crippen LogP contribution in [0.5, 0.6) is 5.75 Å². The van der Waals surface area contributed by atoms with Gasteiger partial charge in [-0.15, -0.1) is 0 Å². The lowest BCUT2D eigenvalue weighted by Gasteiger charge is -2.29. The van der Waals surface area contributed by atoms with Gasteiger partial charge in [0.25, 0.3) is 5.91 Å². The normalized spacial score (nSPS) is 12.0. The van der Waals surface area contributed by atoms with Crippen LogP contribution in [0.25, 0.3) is 0 Å². The largest absolute Gasteiger partial charge is 0.484 e. The number of benzene rings is 2. The third kappa shape index (κ3) is 6.58. The number of nitrogens with zero attached hydrogens (tertiary/aromatic N) is 1. The highest BCUT2D eigenvalue weighted by molar-refractivity contribution is 5.88. The molecule has 0 bridgehead atoms. The van der Waals surface area contributed by atoms with Gasteiger partial charge in [0, 0.05) is 18.2 Å². The first kappa shape index (κ1) is 23.4. The molecule has 2 aromatic carbocycles. The zero-order valence-corrected chi connectivity index (χ0v) is 18.3. The summed E-state index contributed by atoms with van der Waals surface area (Å²) in [5.74, 6) is -0.138. The number of carbonyl (C=O) groups is 2. The Morgan fingerprint density at radius 3 is 2.20 bits per heavy atom. The van der Waals surface area contributed by atoms with Crippen molar-refractivity contribution in [1.82, 2.24) is 10.2 Å². The molecule has 0 fully saturated rings. The molecule has 0 saturated heterocycles. The second-order valence-corrected chi connectivity index (χ2v) is 7.96. The van der Waals surface area contributed by atoms with Gasteiger partial charge in [0.2, 0.25) is 5.91 Å². The van der Waals surface area contributed by atoms with Crippen LogP contribution in [0.1, 0.15) is 51.7 Å². The van der Waals surface area contributed by atoms with Crippen molar-refractivity contribution in [2.24, 2.45) is 0 Å². The average molecular weight is 415 g/mol. The number of carbonyl (C=O) groups excluding carboxylic acids is 2. The third-order valence-corrected chi connectivity index (χ3v) is 4.81. The lowest BCUT2D eigenvalue weighted by atomic mass is 10.0. The summed E-state index contributed by atoms with van der Waals surface area (Å²) < 4.78 is 19.8. The van der Waals surface area contributed by atoms with Crippen LogP contribution < -0.4 is 10.1 Å². The quantitative estimate of drug-likeness (QED) is 0.667. The molecule has 30 heavy (non-hydrogen) atoms. The maximum atomic E-state index is 14.2. The molecule has 2 amide bonds. The Morgan fingerprint density at radius 1 is 1.00 bits per heavy atom. The predicted octanol–water partition coefficient (Wildman–Crippen LogP) is 4.27. The highest BCUT2D eigenvalue weighted by Gasteiger charge is 2.27. The first-order valence-electron chi connectivity index (χ1n) is 10.2. The molecule has 162 valence electrons. The van der Waals surface area contributed by atoms with Gasteiger partial charge in [-0.25, -0.2) is 4.39 Å². The average Bonchev–Trinajstić information content (AvgIpc) is 2.70. The van der Waals surface area contributed by atoms with E-state index in [9.17, 15) is 14.0 Å². The van der Waals surface area contributed by atoms with Crippen molar-refractivity contribution >= 4 is 11.8 Å². The molecule has 0 unspecified atom stereocenters. The van der Waals surface area contributed by atoms with E-state index in [1.807, 2.05) is 38.1 Å². The van der Waals surface area contributed by atoms with E-state index in [4.69, 9.17) is 4.74 Å². The maximum Gasteiger partial charge on any atom is 0.261 e. The van der Waals surface area contributed by atoms with Gasteiger partial charge in [-0.1, -0.05) is 44.2 Å². The fourth-order valence-electron chi connectivity index (χ4n) is 2.97. The van der Waals surface area contributed by atoms with E-state index in [-0.39, 0.29) is 25.1 Å². The van der Waals surface area contributed by atoms with Gasteiger partial charge < -0.3 is 15.0 Å². The van der Waals surface area contributed by atoms with Gasteiger partial charge in [-0.2, -0.15) is 0 Å². The van der Waals surface area contributed by atoms with Crippen LogP contribution in [0, 0.1) is 5.82 Å². The molecule has 0 aliphatic heterocycles. The second-order valence-electron chi connectivity index (χ2n) is 7.96. The summed E-state index contributed by atoms with van der Waals surface area (Å²) in [4.78, 5) is 26.8. The van der Waals surface area contributed by atoms with E-state index >= 15 is 0 Å². The molecule has 1 N–H and O–H groups in total. The van der Waals surface area contributed by atoms with Gasteiger partial charge in [-0.05, 0) is 50.5 Å². The Morgan fingerprint density at radius 2 is 1.63 bits per heavy atom. The molecular weight excluding hydrogens is 383 g/mol. The molecule has 0 saturated carbocycles. The molecule has 0 aliphatic carbocycles. The van der Waals surface area contributed by atoms with Crippen LogP contribution in [-0.4, -0.2) is 35.4 Å². The van der Waals surface area contributed by atoms with Crippen molar-refractivity contribution in [3.63, 3.8) is 0 Å². The number of rotatable bonds is 9. The number of nitrogens with one attached hydrogen (secondary N) is 1. The maximum absolute atomic E-state index is 14.2. The fourth-order valence-corrected chi connectivity index (χ4v) is 2.97.